The Labute approximate surface area is 89.2 Å². The number of carbonyl (C=O) groups is 2. The molecule has 2 rings (SSSR count). The van der Waals surface area contributed by atoms with E-state index in [1.807, 2.05) is 4.90 Å². The molecule has 2 aliphatic heterocycles. The van der Waals surface area contributed by atoms with Gasteiger partial charge in [0.15, 0.2) is 0 Å². The van der Waals surface area contributed by atoms with Crippen molar-refractivity contribution in [3.8, 4) is 0 Å². The Morgan fingerprint density at radius 2 is 1.87 bits per heavy atom. The van der Waals surface area contributed by atoms with E-state index in [1.165, 1.54) is 0 Å². The maximum atomic E-state index is 11.8. The second kappa shape index (κ2) is 4.61. The van der Waals surface area contributed by atoms with Crippen LogP contribution in [0.3, 0.4) is 0 Å². The van der Waals surface area contributed by atoms with Gasteiger partial charge in [0.1, 0.15) is 6.42 Å². The molecule has 0 unspecified atom stereocenters. The molecule has 0 atom stereocenters. The second-order valence-corrected chi connectivity index (χ2v) is 4.10. The zero-order chi connectivity index (χ0) is 10.7. The van der Waals surface area contributed by atoms with Gasteiger partial charge in [0.2, 0.25) is 11.8 Å². The highest BCUT2D eigenvalue weighted by atomic mass is 16.2. The Bertz CT molecular complexity index is 261. The van der Waals surface area contributed by atoms with Gasteiger partial charge < -0.3 is 15.5 Å². The molecule has 0 saturated carbocycles. The molecule has 0 aromatic rings. The van der Waals surface area contributed by atoms with Crippen LogP contribution in [0.4, 0.5) is 0 Å². The zero-order valence-corrected chi connectivity index (χ0v) is 8.79. The molecule has 2 N–H and O–H groups in total. The third-order valence-electron chi connectivity index (χ3n) is 3.06. The molecule has 0 aliphatic carbocycles. The normalized spacial score (nSPS) is 24.9. The van der Waals surface area contributed by atoms with Crippen LogP contribution in [0.1, 0.15) is 19.3 Å². The third-order valence-corrected chi connectivity index (χ3v) is 3.06. The lowest BCUT2D eigenvalue weighted by molar-refractivity contribution is -0.136. The monoisotopic (exact) mass is 211 g/mol. The summed E-state index contributed by atoms with van der Waals surface area (Å²) in [4.78, 5) is 24.8. The van der Waals surface area contributed by atoms with Crippen LogP contribution in [-0.2, 0) is 9.59 Å². The Morgan fingerprint density at radius 3 is 2.60 bits per heavy atom. The summed E-state index contributed by atoms with van der Waals surface area (Å²) in [6.45, 7) is 3.19. The van der Waals surface area contributed by atoms with Gasteiger partial charge in [-0.1, -0.05) is 0 Å². The molecule has 2 amide bonds. The highest BCUT2D eigenvalue weighted by molar-refractivity contribution is 5.97. The van der Waals surface area contributed by atoms with E-state index in [1.54, 1.807) is 0 Å². The summed E-state index contributed by atoms with van der Waals surface area (Å²) in [5.41, 5.74) is 0. The fourth-order valence-electron chi connectivity index (χ4n) is 2.25. The van der Waals surface area contributed by atoms with Crippen molar-refractivity contribution in [2.45, 2.75) is 25.3 Å². The predicted molar refractivity (Wildman–Crippen MR) is 55.2 cm³/mol. The van der Waals surface area contributed by atoms with E-state index in [9.17, 15) is 9.59 Å². The number of rotatable bonds is 1. The van der Waals surface area contributed by atoms with E-state index in [-0.39, 0.29) is 18.2 Å². The van der Waals surface area contributed by atoms with Gasteiger partial charge >= 0.3 is 0 Å². The molecular formula is C10H17N3O2. The smallest absolute Gasteiger partial charge is 0.232 e. The van der Waals surface area contributed by atoms with Gasteiger partial charge in [-0.25, -0.2) is 0 Å². The number of hydrogen-bond acceptors (Lipinski definition) is 3. The number of piperidine rings is 1. The van der Waals surface area contributed by atoms with Crippen LogP contribution >= 0.6 is 0 Å². The average molecular weight is 211 g/mol. The van der Waals surface area contributed by atoms with E-state index in [0.29, 0.717) is 19.1 Å². The minimum atomic E-state index is -0.142. The molecule has 0 radical (unpaired) electrons. The van der Waals surface area contributed by atoms with E-state index < -0.39 is 0 Å². The average Bonchev–Trinajstić information content (AvgIpc) is 2.40. The molecule has 5 nitrogen and oxygen atoms in total. The highest BCUT2D eigenvalue weighted by Gasteiger charge is 2.28. The zero-order valence-electron chi connectivity index (χ0n) is 8.79. The molecule has 2 heterocycles. The van der Waals surface area contributed by atoms with Crippen LogP contribution < -0.4 is 10.6 Å². The second-order valence-electron chi connectivity index (χ2n) is 4.10. The molecule has 2 fully saturated rings. The quantitative estimate of drug-likeness (QED) is 0.552. The van der Waals surface area contributed by atoms with Crippen LogP contribution in [0.25, 0.3) is 0 Å². The van der Waals surface area contributed by atoms with Gasteiger partial charge in [-0.05, 0) is 25.9 Å². The summed E-state index contributed by atoms with van der Waals surface area (Å²) in [6, 6.07) is 0.325. The topological polar surface area (TPSA) is 61.4 Å². The Hall–Kier alpha value is -1.10. The largest absolute Gasteiger partial charge is 0.354 e. The lowest BCUT2D eigenvalue weighted by Gasteiger charge is -2.33. The summed E-state index contributed by atoms with van der Waals surface area (Å²) < 4.78 is 0. The molecule has 84 valence electrons. The third kappa shape index (κ3) is 2.47. The minimum Gasteiger partial charge on any atom is -0.354 e. The van der Waals surface area contributed by atoms with Gasteiger partial charge in [0, 0.05) is 19.1 Å². The first-order valence-electron chi connectivity index (χ1n) is 5.54. The van der Waals surface area contributed by atoms with Crippen molar-refractivity contribution in [1.29, 1.82) is 0 Å². The maximum Gasteiger partial charge on any atom is 0.232 e. The van der Waals surface area contributed by atoms with E-state index in [0.717, 1.165) is 25.9 Å². The summed E-state index contributed by atoms with van der Waals surface area (Å²) in [7, 11) is 0. The summed E-state index contributed by atoms with van der Waals surface area (Å²) >= 11 is 0. The van der Waals surface area contributed by atoms with E-state index in [4.69, 9.17) is 0 Å². The highest BCUT2D eigenvalue weighted by Crippen LogP contribution is 2.13. The van der Waals surface area contributed by atoms with Gasteiger partial charge in [-0.3, -0.25) is 9.59 Å². The standard InChI is InChI=1S/C10H17N3O2/c14-9-7-10(15)13(6-5-12-9)8-1-3-11-4-2-8/h8,11H,1-7H2,(H,12,14). The van der Waals surface area contributed by atoms with Crippen LogP contribution in [0, 0.1) is 0 Å². The first kappa shape index (κ1) is 10.4. The number of nitrogens with one attached hydrogen (secondary N) is 2. The van der Waals surface area contributed by atoms with Crippen molar-refractivity contribution in [2.24, 2.45) is 0 Å². The molecule has 2 saturated heterocycles. The van der Waals surface area contributed by atoms with Crippen LogP contribution in [0.15, 0.2) is 0 Å². The Kier molecular flexibility index (Phi) is 3.20. The summed E-state index contributed by atoms with van der Waals surface area (Å²) in [5, 5.41) is 6.00. The molecule has 5 heteroatoms. The van der Waals surface area contributed by atoms with Gasteiger partial charge in [0.25, 0.3) is 0 Å². The predicted octanol–water partition coefficient (Wildman–Crippen LogP) is -0.913. The van der Waals surface area contributed by atoms with Gasteiger partial charge in [-0.15, -0.1) is 0 Å². The first-order valence-corrected chi connectivity index (χ1v) is 5.54. The fraction of sp³-hybridized carbons (Fsp3) is 0.800. The van der Waals surface area contributed by atoms with Gasteiger partial charge in [0.05, 0.1) is 0 Å². The minimum absolute atomic E-state index is 0.0168. The number of nitrogens with zero attached hydrogens (tertiary/aromatic N) is 1. The molecular weight excluding hydrogens is 194 g/mol. The Balaban J connectivity index is 1.99. The van der Waals surface area contributed by atoms with Crippen LogP contribution in [0.2, 0.25) is 0 Å². The molecule has 0 aromatic heterocycles. The van der Waals surface area contributed by atoms with Crippen LogP contribution in [0.5, 0.6) is 0 Å². The molecule has 0 aromatic carbocycles. The van der Waals surface area contributed by atoms with Crippen molar-refractivity contribution in [3.05, 3.63) is 0 Å². The molecule has 0 spiro atoms. The van der Waals surface area contributed by atoms with Crippen molar-refractivity contribution in [3.63, 3.8) is 0 Å². The number of carbonyl (C=O) groups excluding carboxylic acids is 2. The van der Waals surface area contributed by atoms with Crippen molar-refractivity contribution in [1.82, 2.24) is 15.5 Å². The summed E-state index contributed by atoms with van der Waals surface area (Å²) in [5.74, 6) is -0.159. The van der Waals surface area contributed by atoms with Crippen molar-refractivity contribution in [2.75, 3.05) is 26.2 Å². The van der Waals surface area contributed by atoms with Crippen molar-refractivity contribution < 1.29 is 9.59 Å². The summed E-state index contributed by atoms with van der Waals surface area (Å²) in [6.07, 6.45) is 2.02. The van der Waals surface area contributed by atoms with E-state index in [2.05, 4.69) is 10.6 Å². The number of amides is 2. The fourth-order valence-corrected chi connectivity index (χ4v) is 2.25. The SMILES string of the molecule is O=C1CC(=O)N(C2CCNCC2)CCN1. The van der Waals surface area contributed by atoms with Crippen LogP contribution in [-0.4, -0.2) is 48.9 Å². The van der Waals surface area contributed by atoms with E-state index >= 15 is 0 Å². The lowest BCUT2D eigenvalue weighted by atomic mass is 10.0. The molecule has 2 aliphatic rings. The molecule has 15 heavy (non-hydrogen) atoms. The first-order chi connectivity index (χ1) is 7.27. The lowest BCUT2D eigenvalue weighted by Crippen LogP contribution is -2.46. The maximum absolute atomic E-state index is 11.8. The van der Waals surface area contributed by atoms with Crippen molar-refractivity contribution >= 4 is 11.8 Å². The Morgan fingerprint density at radius 1 is 1.13 bits per heavy atom. The number of hydrogen-bond donors (Lipinski definition) is 2. The van der Waals surface area contributed by atoms with Gasteiger partial charge in [-0.2, -0.15) is 0 Å². The molecule has 0 bridgehead atoms.